The zero-order chi connectivity index (χ0) is 21.4. The molecule has 7 heteroatoms. The van der Waals surface area contributed by atoms with Crippen molar-refractivity contribution in [2.75, 3.05) is 42.2 Å². The van der Waals surface area contributed by atoms with Gasteiger partial charge >= 0.3 is 5.97 Å². The summed E-state index contributed by atoms with van der Waals surface area (Å²) >= 11 is 0. The van der Waals surface area contributed by atoms with Gasteiger partial charge in [0, 0.05) is 5.56 Å². The fourth-order valence-corrected chi connectivity index (χ4v) is 2.88. The van der Waals surface area contributed by atoms with Crippen molar-refractivity contribution in [3.63, 3.8) is 0 Å². The SMILES string of the molecule is CCOC(=O)c1ccc(OC)c(OC)c1C=Cc1cc(OC)c(OC)c(OC)c1. The molecule has 0 aromatic heterocycles. The lowest BCUT2D eigenvalue weighted by molar-refractivity contribution is 0.0525. The molecule has 0 saturated heterocycles. The standard InChI is InChI=1S/C22H26O7/c1-7-29-22(23)16-10-11-17(24-2)20(27-5)15(16)9-8-14-12-18(25-3)21(28-6)19(13-14)26-4/h8-13H,7H2,1-6H3. The quantitative estimate of drug-likeness (QED) is 0.462. The number of carbonyl (C=O) groups is 1. The minimum absolute atomic E-state index is 0.267. The molecule has 2 aromatic rings. The van der Waals surface area contributed by atoms with E-state index in [0.717, 1.165) is 5.56 Å². The summed E-state index contributed by atoms with van der Waals surface area (Å²) in [5.74, 6) is 2.03. The minimum atomic E-state index is -0.446. The minimum Gasteiger partial charge on any atom is -0.493 e. The molecule has 0 aliphatic heterocycles. The first-order valence-electron chi connectivity index (χ1n) is 8.94. The maximum atomic E-state index is 12.4. The van der Waals surface area contributed by atoms with Crippen molar-refractivity contribution < 1.29 is 33.2 Å². The summed E-state index contributed by atoms with van der Waals surface area (Å²) in [5.41, 5.74) is 1.69. The topological polar surface area (TPSA) is 72.5 Å². The Hall–Kier alpha value is -3.35. The third-order valence-corrected chi connectivity index (χ3v) is 4.21. The second kappa shape index (κ2) is 10.3. The van der Waals surface area contributed by atoms with Crippen LogP contribution in [-0.2, 0) is 4.74 Å². The van der Waals surface area contributed by atoms with Crippen LogP contribution in [0, 0.1) is 0 Å². The molecule has 29 heavy (non-hydrogen) atoms. The smallest absolute Gasteiger partial charge is 0.338 e. The van der Waals surface area contributed by atoms with Crippen LogP contribution in [0.1, 0.15) is 28.4 Å². The van der Waals surface area contributed by atoms with Gasteiger partial charge in [0.15, 0.2) is 23.0 Å². The summed E-state index contributed by atoms with van der Waals surface area (Å²) in [6.45, 7) is 2.02. The molecule has 0 saturated carbocycles. The van der Waals surface area contributed by atoms with Gasteiger partial charge < -0.3 is 28.4 Å². The van der Waals surface area contributed by atoms with Gasteiger partial charge in [-0.15, -0.1) is 0 Å². The predicted octanol–water partition coefficient (Wildman–Crippen LogP) is 4.08. The highest BCUT2D eigenvalue weighted by Crippen LogP contribution is 2.39. The first kappa shape index (κ1) is 21.9. The molecule has 0 atom stereocenters. The van der Waals surface area contributed by atoms with E-state index in [9.17, 15) is 4.79 Å². The van der Waals surface area contributed by atoms with Crippen molar-refractivity contribution in [1.29, 1.82) is 0 Å². The second-order valence-corrected chi connectivity index (χ2v) is 5.77. The Labute approximate surface area is 170 Å². The van der Waals surface area contributed by atoms with Gasteiger partial charge in [-0.2, -0.15) is 0 Å². The van der Waals surface area contributed by atoms with Gasteiger partial charge in [-0.05, 0) is 42.8 Å². The molecule has 0 unspecified atom stereocenters. The van der Waals surface area contributed by atoms with Crippen LogP contribution < -0.4 is 23.7 Å². The van der Waals surface area contributed by atoms with Crippen molar-refractivity contribution >= 4 is 18.1 Å². The zero-order valence-electron chi connectivity index (χ0n) is 17.5. The number of benzene rings is 2. The van der Waals surface area contributed by atoms with E-state index < -0.39 is 5.97 Å². The van der Waals surface area contributed by atoms with Gasteiger partial charge in [-0.25, -0.2) is 4.79 Å². The van der Waals surface area contributed by atoms with Crippen molar-refractivity contribution in [3.8, 4) is 28.7 Å². The van der Waals surface area contributed by atoms with Crippen LogP contribution in [0.4, 0.5) is 0 Å². The Morgan fingerprint density at radius 1 is 0.793 bits per heavy atom. The van der Waals surface area contributed by atoms with E-state index in [0.29, 0.717) is 39.9 Å². The number of hydrogen-bond donors (Lipinski definition) is 0. The summed E-state index contributed by atoms with van der Waals surface area (Å²) in [6, 6.07) is 6.92. The molecule has 156 valence electrons. The van der Waals surface area contributed by atoms with E-state index in [-0.39, 0.29) is 6.61 Å². The molecule has 7 nitrogen and oxygen atoms in total. The number of ether oxygens (including phenoxy) is 6. The predicted molar refractivity (Wildman–Crippen MR) is 111 cm³/mol. The highest BCUT2D eigenvalue weighted by Gasteiger charge is 2.19. The molecule has 0 aliphatic rings. The number of rotatable bonds is 9. The molecule has 0 N–H and O–H groups in total. The van der Waals surface area contributed by atoms with E-state index in [1.807, 2.05) is 6.08 Å². The lowest BCUT2D eigenvalue weighted by Gasteiger charge is -2.15. The molecular weight excluding hydrogens is 376 g/mol. The van der Waals surface area contributed by atoms with Crippen LogP contribution in [0.2, 0.25) is 0 Å². The third kappa shape index (κ3) is 4.74. The van der Waals surface area contributed by atoms with E-state index in [1.54, 1.807) is 58.6 Å². The van der Waals surface area contributed by atoms with Crippen molar-refractivity contribution in [2.24, 2.45) is 0 Å². The van der Waals surface area contributed by atoms with E-state index in [2.05, 4.69) is 0 Å². The zero-order valence-corrected chi connectivity index (χ0v) is 17.5. The summed E-state index contributed by atoms with van der Waals surface area (Å²) in [5, 5.41) is 0. The Balaban J connectivity index is 2.60. The van der Waals surface area contributed by atoms with Crippen LogP contribution in [0.5, 0.6) is 28.7 Å². The van der Waals surface area contributed by atoms with E-state index in [1.165, 1.54) is 14.2 Å². The van der Waals surface area contributed by atoms with E-state index in [4.69, 9.17) is 28.4 Å². The molecular formula is C22H26O7. The maximum absolute atomic E-state index is 12.4. The van der Waals surface area contributed by atoms with Crippen LogP contribution in [0.3, 0.4) is 0 Å². The average molecular weight is 402 g/mol. The lowest BCUT2D eigenvalue weighted by Crippen LogP contribution is -2.08. The van der Waals surface area contributed by atoms with Gasteiger partial charge in [0.05, 0.1) is 47.7 Å². The summed E-state index contributed by atoms with van der Waals surface area (Å²) in [6.07, 6.45) is 3.57. The number of hydrogen-bond acceptors (Lipinski definition) is 7. The van der Waals surface area contributed by atoms with E-state index >= 15 is 0 Å². The maximum Gasteiger partial charge on any atom is 0.338 e. The lowest BCUT2D eigenvalue weighted by atomic mass is 10.0. The molecule has 0 amide bonds. The first-order chi connectivity index (χ1) is 14.0. The van der Waals surface area contributed by atoms with Gasteiger partial charge in [-0.1, -0.05) is 6.08 Å². The third-order valence-electron chi connectivity index (χ3n) is 4.21. The normalized spacial score (nSPS) is 10.6. The molecule has 0 radical (unpaired) electrons. The van der Waals surface area contributed by atoms with Gasteiger partial charge in [0.2, 0.25) is 5.75 Å². The first-order valence-corrected chi connectivity index (χ1v) is 8.94. The molecule has 0 aliphatic carbocycles. The summed E-state index contributed by atoms with van der Waals surface area (Å²) < 4.78 is 32.2. The molecule has 2 aromatic carbocycles. The van der Waals surface area contributed by atoms with Gasteiger partial charge in [0.1, 0.15) is 0 Å². The Morgan fingerprint density at radius 3 is 1.86 bits per heavy atom. The van der Waals surface area contributed by atoms with Crippen LogP contribution in [0.15, 0.2) is 24.3 Å². The molecule has 0 bridgehead atoms. The summed E-state index contributed by atoms with van der Waals surface area (Å²) in [4.78, 5) is 12.4. The monoisotopic (exact) mass is 402 g/mol. The Kier molecular flexibility index (Phi) is 7.77. The van der Waals surface area contributed by atoms with Gasteiger partial charge in [0.25, 0.3) is 0 Å². The highest BCUT2D eigenvalue weighted by atomic mass is 16.5. The molecule has 0 spiro atoms. The molecule has 0 heterocycles. The summed E-state index contributed by atoms with van der Waals surface area (Å²) in [7, 11) is 7.70. The Morgan fingerprint density at radius 2 is 1.38 bits per heavy atom. The van der Waals surface area contributed by atoms with Crippen molar-refractivity contribution in [2.45, 2.75) is 6.92 Å². The van der Waals surface area contributed by atoms with Crippen LogP contribution in [0.25, 0.3) is 12.2 Å². The van der Waals surface area contributed by atoms with Gasteiger partial charge in [-0.3, -0.25) is 0 Å². The van der Waals surface area contributed by atoms with Crippen molar-refractivity contribution in [1.82, 2.24) is 0 Å². The fourth-order valence-electron chi connectivity index (χ4n) is 2.88. The molecule has 2 rings (SSSR count). The number of esters is 1. The fraction of sp³-hybridized carbons (Fsp3) is 0.318. The van der Waals surface area contributed by atoms with Crippen LogP contribution in [-0.4, -0.2) is 48.1 Å². The number of carbonyl (C=O) groups excluding carboxylic acids is 1. The highest BCUT2D eigenvalue weighted by molar-refractivity contribution is 5.97. The second-order valence-electron chi connectivity index (χ2n) is 5.77. The van der Waals surface area contributed by atoms with Crippen LogP contribution >= 0.6 is 0 Å². The number of methoxy groups -OCH3 is 5. The average Bonchev–Trinajstić information content (AvgIpc) is 2.75. The molecule has 0 fully saturated rings. The van der Waals surface area contributed by atoms with Crippen molar-refractivity contribution in [3.05, 3.63) is 41.0 Å². The Bertz CT molecular complexity index is 862. The largest absolute Gasteiger partial charge is 0.493 e.